The molecule has 3 aromatic rings. The molecule has 0 aliphatic carbocycles. The van der Waals surface area contributed by atoms with Crippen molar-refractivity contribution in [3.05, 3.63) is 76.4 Å². The van der Waals surface area contributed by atoms with Gasteiger partial charge in [0.1, 0.15) is 5.76 Å². The van der Waals surface area contributed by atoms with Crippen molar-refractivity contribution in [3.63, 3.8) is 0 Å². The Morgan fingerprint density at radius 2 is 2.00 bits per heavy atom. The van der Waals surface area contributed by atoms with Crippen LogP contribution in [0.25, 0.3) is 0 Å². The lowest BCUT2D eigenvalue weighted by Gasteiger charge is -2.21. The normalized spacial score (nSPS) is 10.4. The first-order valence-corrected chi connectivity index (χ1v) is 8.71. The highest BCUT2D eigenvalue weighted by Gasteiger charge is 2.18. The van der Waals surface area contributed by atoms with Gasteiger partial charge in [-0.2, -0.15) is 0 Å². The molecular weight excluding hydrogens is 336 g/mol. The summed E-state index contributed by atoms with van der Waals surface area (Å²) in [7, 11) is 0. The Balaban J connectivity index is 1.83. The standard InChI is InChI=1S/C19H18N2O3S/c1-14(22)20-16-6-2-5-15(11-16)19(23)21(12-17-7-3-9-24-17)13-18-8-4-10-25-18/h2-11H,12-13H2,1H3,(H,20,22). The van der Waals surface area contributed by atoms with Crippen LogP contribution in [0.4, 0.5) is 5.69 Å². The van der Waals surface area contributed by atoms with E-state index in [-0.39, 0.29) is 11.8 Å². The van der Waals surface area contributed by atoms with Crippen molar-refractivity contribution in [1.29, 1.82) is 0 Å². The Labute approximate surface area is 149 Å². The van der Waals surface area contributed by atoms with Crippen LogP contribution in [0.5, 0.6) is 0 Å². The van der Waals surface area contributed by atoms with Crippen LogP contribution in [-0.2, 0) is 17.9 Å². The monoisotopic (exact) mass is 354 g/mol. The summed E-state index contributed by atoms with van der Waals surface area (Å²) >= 11 is 1.61. The van der Waals surface area contributed by atoms with Crippen molar-refractivity contribution in [1.82, 2.24) is 4.90 Å². The molecule has 0 unspecified atom stereocenters. The van der Waals surface area contributed by atoms with Crippen LogP contribution < -0.4 is 5.32 Å². The molecule has 0 fully saturated rings. The van der Waals surface area contributed by atoms with Crippen molar-refractivity contribution < 1.29 is 14.0 Å². The third kappa shape index (κ3) is 4.58. The molecular formula is C19H18N2O3S. The van der Waals surface area contributed by atoms with Crippen LogP contribution in [-0.4, -0.2) is 16.7 Å². The number of benzene rings is 1. The van der Waals surface area contributed by atoms with E-state index in [4.69, 9.17) is 4.42 Å². The number of nitrogens with zero attached hydrogens (tertiary/aromatic N) is 1. The van der Waals surface area contributed by atoms with Crippen LogP contribution in [0.2, 0.25) is 0 Å². The molecule has 0 atom stereocenters. The number of rotatable bonds is 6. The molecule has 0 spiro atoms. The first kappa shape index (κ1) is 17.0. The summed E-state index contributed by atoms with van der Waals surface area (Å²) in [6, 6.07) is 14.6. The molecule has 0 saturated carbocycles. The van der Waals surface area contributed by atoms with Crippen molar-refractivity contribution >= 4 is 28.8 Å². The minimum absolute atomic E-state index is 0.114. The van der Waals surface area contributed by atoms with Gasteiger partial charge in [-0.25, -0.2) is 0 Å². The molecule has 0 bridgehead atoms. The largest absolute Gasteiger partial charge is 0.467 e. The quantitative estimate of drug-likeness (QED) is 0.723. The molecule has 1 aromatic carbocycles. The van der Waals surface area contributed by atoms with E-state index in [2.05, 4.69) is 5.32 Å². The first-order valence-electron chi connectivity index (χ1n) is 7.83. The average Bonchev–Trinajstić information content (AvgIpc) is 3.27. The highest BCUT2D eigenvalue weighted by Crippen LogP contribution is 2.19. The minimum atomic E-state index is -0.171. The van der Waals surface area contributed by atoms with Crippen molar-refractivity contribution in [3.8, 4) is 0 Å². The lowest BCUT2D eigenvalue weighted by molar-refractivity contribution is -0.114. The van der Waals surface area contributed by atoms with Crippen LogP contribution in [0.3, 0.4) is 0 Å². The van der Waals surface area contributed by atoms with Gasteiger partial charge in [0, 0.05) is 23.1 Å². The van der Waals surface area contributed by atoms with Crippen molar-refractivity contribution in [2.24, 2.45) is 0 Å². The number of anilines is 1. The van der Waals surface area contributed by atoms with Gasteiger partial charge in [0.15, 0.2) is 0 Å². The SMILES string of the molecule is CC(=O)Nc1cccc(C(=O)N(Cc2ccco2)Cc2cccs2)c1. The molecule has 128 valence electrons. The van der Waals surface area contributed by atoms with Crippen molar-refractivity contribution in [2.75, 3.05) is 5.32 Å². The van der Waals surface area contributed by atoms with Crippen molar-refractivity contribution in [2.45, 2.75) is 20.0 Å². The Hall–Kier alpha value is -2.86. The molecule has 25 heavy (non-hydrogen) atoms. The molecule has 2 heterocycles. The van der Waals surface area contributed by atoms with E-state index in [1.54, 1.807) is 52.8 Å². The second-order valence-corrected chi connectivity index (χ2v) is 6.61. The zero-order valence-corrected chi connectivity index (χ0v) is 14.6. The van der Waals surface area contributed by atoms with Gasteiger partial charge in [-0.15, -0.1) is 11.3 Å². The van der Waals surface area contributed by atoms with Gasteiger partial charge in [-0.05, 0) is 41.8 Å². The van der Waals surface area contributed by atoms with Gasteiger partial charge in [-0.3, -0.25) is 9.59 Å². The molecule has 2 aromatic heterocycles. The number of thiophene rings is 1. The maximum atomic E-state index is 13.0. The fraction of sp³-hybridized carbons (Fsp3) is 0.158. The van der Waals surface area contributed by atoms with E-state index in [1.807, 2.05) is 23.6 Å². The zero-order chi connectivity index (χ0) is 17.6. The van der Waals surface area contributed by atoms with Crippen LogP contribution in [0.1, 0.15) is 27.9 Å². The number of amides is 2. The second kappa shape index (κ2) is 7.81. The fourth-order valence-electron chi connectivity index (χ4n) is 2.50. The number of furan rings is 1. The molecule has 0 saturated heterocycles. The van der Waals surface area contributed by atoms with Gasteiger partial charge in [0.2, 0.25) is 5.91 Å². The summed E-state index contributed by atoms with van der Waals surface area (Å²) in [6.07, 6.45) is 1.60. The fourth-order valence-corrected chi connectivity index (χ4v) is 3.22. The summed E-state index contributed by atoms with van der Waals surface area (Å²) in [4.78, 5) is 27.1. The predicted molar refractivity (Wildman–Crippen MR) is 97.4 cm³/mol. The lowest BCUT2D eigenvalue weighted by Crippen LogP contribution is -2.29. The molecule has 5 nitrogen and oxygen atoms in total. The topological polar surface area (TPSA) is 62.6 Å². The molecule has 0 aliphatic heterocycles. The number of hydrogen-bond donors (Lipinski definition) is 1. The predicted octanol–water partition coefficient (Wildman–Crippen LogP) is 4.14. The molecule has 6 heteroatoms. The Kier molecular flexibility index (Phi) is 5.30. The van der Waals surface area contributed by atoms with Crippen LogP contribution in [0, 0.1) is 0 Å². The smallest absolute Gasteiger partial charge is 0.254 e. The van der Waals surface area contributed by atoms with Gasteiger partial charge < -0.3 is 14.6 Å². The molecule has 3 rings (SSSR count). The van der Waals surface area contributed by atoms with E-state index < -0.39 is 0 Å². The van der Waals surface area contributed by atoms with E-state index in [9.17, 15) is 9.59 Å². The van der Waals surface area contributed by atoms with E-state index in [0.29, 0.717) is 24.3 Å². The molecule has 0 radical (unpaired) electrons. The Bertz CT molecular complexity index is 805. The summed E-state index contributed by atoms with van der Waals surface area (Å²) in [5, 5.41) is 4.69. The Morgan fingerprint density at radius 3 is 2.68 bits per heavy atom. The maximum absolute atomic E-state index is 13.0. The van der Waals surface area contributed by atoms with Crippen LogP contribution >= 0.6 is 11.3 Å². The maximum Gasteiger partial charge on any atom is 0.254 e. The van der Waals surface area contributed by atoms with E-state index >= 15 is 0 Å². The van der Waals surface area contributed by atoms with Gasteiger partial charge >= 0.3 is 0 Å². The molecule has 1 N–H and O–H groups in total. The average molecular weight is 354 g/mol. The summed E-state index contributed by atoms with van der Waals surface area (Å²) < 4.78 is 5.40. The summed E-state index contributed by atoms with van der Waals surface area (Å²) in [5.41, 5.74) is 1.13. The molecule has 2 amide bonds. The summed E-state index contributed by atoms with van der Waals surface area (Å²) in [5.74, 6) is 0.440. The van der Waals surface area contributed by atoms with E-state index in [0.717, 1.165) is 10.6 Å². The Morgan fingerprint density at radius 1 is 1.12 bits per heavy atom. The third-order valence-electron chi connectivity index (χ3n) is 3.57. The van der Waals surface area contributed by atoms with Gasteiger partial charge in [0.25, 0.3) is 5.91 Å². The highest BCUT2D eigenvalue weighted by atomic mass is 32.1. The van der Waals surface area contributed by atoms with Gasteiger partial charge in [0.05, 0.1) is 19.4 Å². The number of hydrogen-bond acceptors (Lipinski definition) is 4. The minimum Gasteiger partial charge on any atom is -0.467 e. The van der Waals surface area contributed by atoms with Gasteiger partial charge in [-0.1, -0.05) is 12.1 Å². The highest BCUT2D eigenvalue weighted by molar-refractivity contribution is 7.09. The number of carbonyl (C=O) groups excluding carboxylic acids is 2. The summed E-state index contributed by atoms with van der Waals surface area (Å²) in [6.45, 7) is 2.32. The first-order chi connectivity index (χ1) is 12.1. The van der Waals surface area contributed by atoms with E-state index in [1.165, 1.54) is 6.92 Å². The second-order valence-electron chi connectivity index (χ2n) is 5.58. The third-order valence-corrected chi connectivity index (χ3v) is 4.43. The number of nitrogens with one attached hydrogen (secondary N) is 1. The van der Waals surface area contributed by atoms with Crippen LogP contribution in [0.15, 0.2) is 64.6 Å². The zero-order valence-electron chi connectivity index (χ0n) is 13.8. The molecule has 0 aliphatic rings. The number of carbonyl (C=O) groups is 2. The lowest BCUT2D eigenvalue weighted by atomic mass is 10.1.